The molecule has 2 aromatic carbocycles. The predicted molar refractivity (Wildman–Crippen MR) is 86.8 cm³/mol. The van der Waals surface area contributed by atoms with Gasteiger partial charge >= 0.3 is 12.4 Å². The molecule has 0 bridgehead atoms. The number of rotatable bonds is 4. The van der Waals surface area contributed by atoms with E-state index in [4.69, 9.17) is 16.3 Å². The number of carbonyl (C=O) groups excluding carboxylic acids is 1. The van der Waals surface area contributed by atoms with E-state index in [9.17, 15) is 31.1 Å². The normalized spacial score (nSPS) is 12.0. The minimum absolute atomic E-state index is 0.0238. The second-order valence-corrected chi connectivity index (χ2v) is 5.97. The van der Waals surface area contributed by atoms with Crippen molar-refractivity contribution in [2.75, 3.05) is 11.9 Å². The molecule has 27 heavy (non-hydrogen) atoms. The molecule has 146 valence electrons. The Balaban J connectivity index is 2.15. The molecule has 1 N–H and O–H groups in total. The summed E-state index contributed by atoms with van der Waals surface area (Å²) in [6.45, 7) is 0.880. The van der Waals surface area contributed by atoms with Crippen LogP contribution in [0.1, 0.15) is 16.7 Å². The molecule has 2 aromatic rings. The monoisotopic (exact) mass is 411 g/mol. The van der Waals surface area contributed by atoms with Gasteiger partial charge in [0, 0.05) is 10.7 Å². The zero-order valence-electron chi connectivity index (χ0n) is 13.6. The first-order chi connectivity index (χ1) is 12.4. The fourth-order valence-corrected chi connectivity index (χ4v) is 2.34. The summed E-state index contributed by atoms with van der Waals surface area (Å²) in [6.07, 6.45) is -10.00. The number of anilines is 1. The largest absolute Gasteiger partial charge is 0.484 e. The summed E-state index contributed by atoms with van der Waals surface area (Å²) >= 11 is 5.78. The lowest BCUT2D eigenvalue weighted by molar-refractivity contribution is -0.143. The Kier molecular flexibility index (Phi) is 5.94. The lowest BCUT2D eigenvalue weighted by atomic mass is 10.1. The van der Waals surface area contributed by atoms with Crippen LogP contribution in [0.15, 0.2) is 36.4 Å². The van der Waals surface area contributed by atoms with Crippen LogP contribution in [-0.2, 0) is 17.1 Å². The van der Waals surface area contributed by atoms with E-state index in [0.29, 0.717) is 28.4 Å². The second-order valence-electron chi connectivity index (χ2n) is 5.54. The number of ether oxygens (including phenoxy) is 1. The van der Waals surface area contributed by atoms with Gasteiger partial charge in [-0.15, -0.1) is 0 Å². The summed E-state index contributed by atoms with van der Waals surface area (Å²) in [5, 5.41) is 2.87. The quantitative estimate of drug-likeness (QED) is 0.655. The summed E-state index contributed by atoms with van der Waals surface area (Å²) in [6, 6.07) is 5.35. The van der Waals surface area contributed by atoms with Crippen LogP contribution < -0.4 is 10.1 Å². The van der Waals surface area contributed by atoms with Crippen molar-refractivity contribution in [3.8, 4) is 5.75 Å². The van der Waals surface area contributed by atoms with E-state index in [-0.39, 0.29) is 6.07 Å². The predicted octanol–water partition coefficient (Wildman–Crippen LogP) is 5.70. The maximum atomic E-state index is 12.8. The molecule has 0 saturated heterocycles. The lowest BCUT2D eigenvalue weighted by Gasteiger charge is -2.15. The first kappa shape index (κ1) is 20.9. The maximum absolute atomic E-state index is 12.8. The van der Waals surface area contributed by atoms with Crippen molar-refractivity contribution >= 4 is 23.2 Å². The van der Waals surface area contributed by atoms with Crippen LogP contribution in [-0.4, -0.2) is 12.5 Å². The molecule has 0 atom stereocenters. The number of carbonyl (C=O) groups is 1. The molecular weight excluding hydrogens is 400 g/mol. The Labute approximate surface area is 154 Å². The first-order valence-corrected chi connectivity index (χ1v) is 7.72. The smallest absolute Gasteiger partial charge is 0.416 e. The average molecular weight is 412 g/mol. The molecule has 0 aliphatic carbocycles. The number of aryl methyl sites for hydroxylation is 1. The molecule has 0 fully saturated rings. The van der Waals surface area contributed by atoms with Crippen molar-refractivity contribution in [1.82, 2.24) is 0 Å². The number of hydrogen-bond donors (Lipinski definition) is 1. The molecule has 0 aromatic heterocycles. The Morgan fingerprint density at radius 2 is 1.56 bits per heavy atom. The fourth-order valence-electron chi connectivity index (χ4n) is 2.11. The fraction of sp³-hybridized carbons (Fsp3) is 0.235. The number of amides is 1. The summed E-state index contributed by atoms with van der Waals surface area (Å²) < 4.78 is 81.6. The highest BCUT2D eigenvalue weighted by molar-refractivity contribution is 6.30. The van der Waals surface area contributed by atoms with Gasteiger partial charge in [0.2, 0.25) is 0 Å². The zero-order valence-corrected chi connectivity index (χ0v) is 14.4. The molecule has 0 aliphatic rings. The van der Waals surface area contributed by atoms with Gasteiger partial charge in [-0.3, -0.25) is 4.79 Å². The minimum Gasteiger partial charge on any atom is -0.484 e. The first-order valence-electron chi connectivity index (χ1n) is 7.34. The Hall–Kier alpha value is -2.42. The van der Waals surface area contributed by atoms with Crippen molar-refractivity contribution in [1.29, 1.82) is 0 Å². The van der Waals surface area contributed by atoms with Crippen molar-refractivity contribution in [3.63, 3.8) is 0 Å². The Morgan fingerprint density at radius 1 is 1.00 bits per heavy atom. The molecule has 10 heteroatoms. The van der Waals surface area contributed by atoms with Gasteiger partial charge < -0.3 is 10.1 Å². The molecule has 0 aliphatic heterocycles. The van der Waals surface area contributed by atoms with Gasteiger partial charge in [0.15, 0.2) is 6.61 Å². The van der Waals surface area contributed by atoms with E-state index < -0.39 is 41.7 Å². The number of halogens is 7. The third-order valence-corrected chi connectivity index (χ3v) is 3.63. The topological polar surface area (TPSA) is 38.3 Å². The molecule has 0 spiro atoms. The third kappa shape index (κ3) is 5.78. The van der Waals surface area contributed by atoms with Gasteiger partial charge in [-0.05, 0) is 48.9 Å². The van der Waals surface area contributed by atoms with Gasteiger partial charge in [-0.2, -0.15) is 26.3 Å². The number of nitrogens with one attached hydrogen (secondary N) is 1. The summed E-state index contributed by atoms with van der Waals surface area (Å²) in [7, 11) is 0. The Morgan fingerprint density at radius 3 is 2.04 bits per heavy atom. The van der Waals surface area contributed by atoms with Crippen LogP contribution in [0.4, 0.5) is 32.0 Å². The van der Waals surface area contributed by atoms with E-state index in [1.807, 2.05) is 0 Å². The number of alkyl halides is 6. The van der Waals surface area contributed by atoms with E-state index >= 15 is 0 Å². The number of benzene rings is 2. The van der Waals surface area contributed by atoms with Gasteiger partial charge in [-0.1, -0.05) is 11.6 Å². The van der Waals surface area contributed by atoms with Gasteiger partial charge in [0.1, 0.15) is 5.75 Å². The summed E-state index contributed by atoms with van der Waals surface area (Å²) in [4.78, 5) is 11.9. The summed E-state index contributed by atoms with van der Waals surface area (Å²) in [5.74, 6) is -1.48. The average Bonchev–Trinajstić information content (AvgIpc) is 2.54. The molecule has 1 amide bonds. The van der Waals surface area contributed by atoms with Crippen molar-refractivity contribution < 1.29 is 35.9 Å². The third-order valence-electron chi connectivity index (χ3n) is 3.39. The van der Waals surface area contributed by atoms with E-state index in [2.05, 4.69) is 5.32 Å². The van der Waals surface area contributed by atoms with Crippen molar-refractivity contribution in [2.24, 2.45) is 0 Å². The molecule has 0 heterocycles. The second kappa shape index (κ2) is 7.67. The maximum Gasteiger partial charge on any atom is 0.416 e. The van der Waals surface area contributed by atoms with E-state index in [0.717, 1.165) is 0 Å². The zero-order chi connectivity index (χ0) is 20.4. The van der Waals surface area contributed by atoms with Gasteiger partial charge in [-0.25, -0.2) is 0 Å². The van der Waals surface area contributed by atoms with E-state index in [1.165, 1.54) is 12.1 Å². The van der Waals surface area contributed by atoms with Crippen LogP contribution >= 0.6 is 11.6 Å². The standard InChI is InChI=1S/C17H12ClF6NO2/c1-9-4-12(18)2-3-14(9)25-15(26)8-27-13-6-10(16(19,20)21)5-11(7-13)17(22,23)24/h2-7H,8H2,1H3,(H,25,26). The molecular formula is C17H12ClF6NO2. The highest BCUT2D eigenvalue weighted by Crippen LogP contribution is 2.38. The summed E-state index contributed by atoms with van der Waals surface area (Å²) in [5.41, 5.74) is -2.05. The van der Waals surface area contributed by atoms with Crippen LogP contribution in [0.2, 0.25) is 5.02 Å². The van der Waals surface area contributed by atoms with Crippen LogP contribution in [0, 0.1) is 6.92 Å². The van der Waals surface area contributed by atoms with Crippen LogP contribution in [0.25, 0.3) is 0 Å². The Bertz CT molecular complexity index is 816. The molecule has 2 rings (SSSR count). The highest BCUT2D eigenvalue weighted by Gasteiger charge is 2.37. The van der Waals surface area contributed by atoms with Crippen molar-refractivity contribution in [2.45, 2.75) is 19.3 Å². The number of hydrogen-bond acceptors (Lipinski definition) is 2. The van der Waals surface area contributed by atoms with Gasteiger partial charge in [0.05, 0.1) is 11.1 Å². The molecule has 0 saturated carbocycles. The van der Waals surface area contributed by atoms with Crippen molar-refractivity contribution in [3.05, 3.63) is 58.1 Å². The molecule has 3 nitrogen and oxygen atoms in total. The lowest BCUT2D eigenvalue weighted by Crippen LogP contribution is -2.21. The van der Waals surface area contributed by atoms with E-state index in [1.54, 1.807) is 13.0 Å². The molecule has 0 unspecified atom stereocenters. The van der Waals surface area contributed by atoms with Gasteiger partial charge in [0.25, 0.3) is 5.91 Å². The van der Waals surface area contributed by atoms with Crippen LogP contribution in [0.3, 0.4) is 0 Å². The molecule has 0 radical (unpaired) electrons. The minimum atomic E-state index is -5.00. The highest BCUT2D eigenvalue weighted by atomic mass is 35.5. The SMILES string of the molecule is Cc1cc(Cl)ccc1NC(=O)COc1cc(C(F)(F)F)cc(C(F)(F)F)c1. The van der Waals surface area contributed by atoms with Crippen LogP contribution in [0.5, 0.6) is 5.75 Å².